The van der Waals surface area contributed by atoms with Gasteiger partial charge in [0.25, 0.3) is 0 Å². The molecule has 0 heterocycles. The van der Waals surface area contributed by atoms with Crippen LogP contribution in [0.4, 0.5) is 13.2 Å². The van der Waals surface area contributed by atoms with Crippen LogP contribution in [0.1, 0.15) is 25.7 Å². The molecule has 0 amide bonds. The normalized spacial score (nSPS) is 28.4. The molecule has 1 saturated carbocycles. The first-order valence-corrected chi connectivity index (χ1v) is 5.42. The van der Waals surface area contributed by atoms with Crippen LogP contribution in [0.25, 0.3) is 0 Å². The second-order valence-electron chi connectivity index (χ2n) is 4.33. The number of halogens is 3. The fraction of sp³-hybridized carbons (Fsp3) is 1.00. The van der Waals surface area contributed by atoms with Crippen molar-refractivity contribution < 1.29 is 13.2 Å². The fourth-order valence-corrected chi connectivity index (χ4v) is 2.25. The van der Waals surface area contributed by atoms with Crippen molar-refractivity contribution in [3.05, 3.63) is 0 Å². The lowest BCUT2D eigenvalue weighted by molar-refractivity contribution is -0.186. The van der Waals surface area contributed by atoms with Crippen molar-refractivity contribution in [3.8, 4) is 0 Å². The third-order valence-electron chi connectivity index (χ3n) is 3.21. The van der Waals surface area contributed by atoms with Gasteiger partial charge in [0.1, 0.15) is 0 Å². The predicted octanol–water partition coefficient (Wildman–Crippen LogP) is 2.00. The summed E-state index contributed by atoms with van der Waals surface area (Å²) in [4.78, 5) is 1.96. The molecule has 2 atom stereocenters. The van der Waals surface area contributed by atoms with E-state index in [0.29, 0.717) is 19.5 Å². The molecule has 0 aromatic rings. The number of nitrogens with two attached hydrogens (primary N) is 1. The molecule has 0 aromatic carbocycles. The van der Waals surface area contributed by atoms with Gasteiger partial charge in [-0.2, -0.15) is 13.2 Å². The Balaban J connectivity index is 2.48. The standard InChI is InChI=1S/C10H19F3N2/c1-15(6-5-14)9-4-2-3-8(7-9)10(11,12)13/h8-9H,2-7,14H2,1H3. The topological polar surface area (TPSA) is 29.3 Å². The summed E-state index contributed by atoms with van der Waals surface area (Å²) < 4.78 is 37.6. The molecule has 1 rings (SSSR count). The summed E-state index contributed by atoms with van der Waals surface area (Å²) in [6.07, 6.45) is -1.97. The first-order chi connectivity index (χ1) is 6.95. The van der Waals surface area contributed by atoms with Gasteiger partial charge in [-0.15, -0.1) is 0 Å². The number of likely N-dealkylation sites (N-methyl/N-ethyl adjacent to an activating group) is 1. The van der Waals surface area contributed by atoms with Crippen LogP contribution in [0.15, 0.2) is 0 Å². The van der Waals surface area contributed by atoms with Gasteiger partial charge in [0.2, 0.25) is 0 Å². The van der Waals surface area contributed by atoms with Crippen LogP contribution < -0.4 is 5.73 Å². The van der Waals surface area contributed by atoms with Crippen molar-refractivity contribution in [2.24, 2.45) is 11.7 Å². The highest BCUT2D eigenvalue weighted by Gasteiger charge is 2.42. The predicted molar refractivity (Wildman–Crippen MR) is 53.5 cm³/mol. The van der Waals surface area contributed by atoms with E-state index in [1.54, 1.807) is 0 Å². The first-order valence-electron chi connectivity index (χ1n) is 5.42. The zero-order chi connectivity index (χ0) is 11.5. The summed E-state index contributed by atoms with van der Waals surface area (Å²) in [6.45, 7) is 1.18. The van der Waals surface area contributed by atoms with Crippen molar-refractivity contribution >= 4 is 0 Å². The Morgan fingerprint density at radius 2 is 2.00 bits per heavy atom. The summed E-state index contributed by atoms with van der Waals surface area (Å²) in [5.41, 5.74) is 5.39. The first kappa shape index (κ1) is 12.8. The zero-order valence-corrected chi connectivity index (χ0v) is 9.06. The van der Waals surface area contributed by atoms with Gasteiger partial charge in [-0.05, 0) is 26.3 Å². The monoisotopic (exact) mass is 224 g/mol. The minimum atomic E-state index is -4.03. The van der Waals surface area contributed by atoms with Gasteiger partial charge in [-0.3, -0.25) is 0 Å². The number of hydrogen-bond donors (Lipinski definition) is 1. The average molecular weight is 224 g/mol. The second kappa shape index (κ2) is 5.16. The number of hydrogen-bond acceptors (Lipinski definition) is 2. The van der Waals surface area contributed by atoms with Crippen molar-refractivity contribution in [1.29, 1.82) is 0 Å². The van der Waals surface area contributed by atoms with E-state index >= 15 is 0 Å². The smallest absolute Gasteiger partial charge is 0.329 e. The van der Waals surface area contributed by atoms with Crippen molar-refractivity contribution in [1.82, 2.24) is 4.90 Å². The van der Waals surface area contributed by atoms with Crippen LogP contribution in [0.5, 0.6) is 0 Å². The summed E-state index contributed by atoms with van der Waals surface area (Å²) >= 11 is 0. The van der Waals surface area contributed by atoms with Crippen molar-refractivity contribution in [3.63, 3.8) is 0 Å². The van der Waals surface area contributed by atoms with Crippen LogP contribution >= 0.6 is 0 Å². The maximum absolute atomic E-state index is 12.5. The molecule has 15 heavy (non-hydrogen) atoms. The molecule has 0 aliphatic heterocycles. The number of rotatable bonds is 3. The molecule has 1 aliphatic carbocycles. The van der Waals surface area contributed by atoms with E-state index in [0.717, 1.165) is 6.42 Å². The minimum absolute atomic E-state index is 0.0499. The van der Waals surface area contributed by atoms with Crippen molar-refractivity contribution in [2.45, 2.75) is 37.9 Å². The third-order valence-corrected chi connectivity index (χ3v) is 3.21. The zero-order valence-electron chi connectivity index (χ0n) is 9.06. The van der Waals surface area contributed by atoms with E-state index in [2.05, 4.69) is 0 Å². The van der Waals surface area contributed by atoms with Crippen LogP contribution in [0.3, 0.4) is 0 Å². The van der Waals surface area contributed by atoms with Crippen LogP contribution in [-0.2, 0) is 0 Å². The molecule has 5 heteroatoms. The quantitative estimate of drug-likeness (QED) is 0.794. The lowest BCUT2D eigenvalue weighted by Gasteiger charge is -2.35. The van der Waals surface area contributed by atoms with E-state index in [4.69, 9.17) is 5.73 Å². The van der Waals surface area contributed by atoms with Gasteiger partial charge in [0, 0.05) is 19.1 Å². The number of nitrogens with zero attached hydrogens (tertiary/aromatic N) is 1. The molecular weight excluding hydrogens is 205 g/mol. The molecule has 1 aliphatic rings. The summed E-state index contributed by atoms with van der Waals surface area (Å²) in [5.74, 6) is -1.11. The molecule has 2 unspecified atom stereocenters. The highest BCUT2D eigenvalue weighted by molar-refractivity contribution is 4.82. The summed E-state index contributed by atoms with van der Waals surface area (Å²) in [7, 11) is 1.86. The summed E-state index contributed by atoms with van der Waals surface area (Å²) in [5, 5.41) is 0. The van der Waals surface area contributed by atoms with E-state index in [-0.39, 0.29) is 18.9 Å². The molecule has 0 aromatic heterocycles. The van der Waals surface area contributed by atoms with Crippen LogP contribution in [0.2, 0.25) is 0 Å². The fourth-order valence-electron chi connectivity index (χ4n) is 2.25. The van der Waals surface area contributed by atoms with E-state index < -0.39 is 12.1 Å². The highest BCUT2D eigenvalue weighted by Crippen LogP contribution is 2.38. The highest BCUT2D eigenvalue weighted by atomic mass is 19.4. The Bertz CT molecular complexity index is 194. The molecule has 2 nitrogen and oxygen atoms in total. The Kier molecular flexibility index (Phi) is 4.40. The van der Waals surface area contributed by atoms with E-state index in [1.807, 2.05) is 11.9 Å². The van der Waals surface area contributed by atoms with Gasteiger partial charge in [0.05, 0.1) is 5.92 Å². The largest absolute Gasteiger partial charge is 0.391 e. The lowest BCUT2D eigenvalue weighted by atomic mass is 9.84. The molecule has 0 spiro atoms. The Morgan fingerprint density at radius 1 is 1.33 bits per heavy atom. The molecule has 0 saturated heterocycles. The molecular formula is C10H19F3N2. The van der Waals surface area contributed by atoms with E-state index in [9.17, 15) is 13.2 Å². The van der Waals surface area contributed by atoms with Gasteiger partial charge in [-0.25, -0.2) is 0 Å². The van der Waals surface area contributed by atoms with Crippen LogP contribution in [-0.4, -0.2) is 37.3 Å². The van der Waals surface area contributed by atoms with Gasteiger partial charge >= 0.3 is 6.18 Å². The maximum atomic E-state index is 12.5. The van der Waals surface area contributed by atoms with Gasteiger partial charge < -0.3 is 10.6 Å². The van der Waals surface area contributed by atoms with E-state index in [1.165, 1.54) is 0 Å². The Morgan fingerprint density at radius 3 is 2.53 bits per heavy atom. The van der Waals surface area contributed by atoms with Crippen molar-refractivity contribution in [2.75, 3.05) is 20.1 Å². The maximum Gasteiger partial charge on any atom is 0.391 e. The Hall–Kier alpha value is -0.290. The molecule has 0 radical (unpaired) electrons. The lowest BCUT2D eigenvalue weighted by Crippen LogP contribution is -2.41. The molecule has 1 fully saturated rings. The summed E-state index contributed by atoms with van der Waals surface area (Å²) in [6, 6.07) is 0.0499. The third kappa shape index (κ3) is 3.65. The number of alkyl halides is 3. The molecule has 0 bridgehead atoms. The average Bonchev–Trinajstić information content (AvgIpc) is 2.17. The molecule has 2 N–H and O–H groups in total. The minimum Gasteiger partial charge on any atom is -0.329 e. The molecule has 90 valence electrons. The SMILES string of the molecule is CN(CCN)C1CCCC(C(F)(F)F)C1. The van der Waals surface area contributed by atoms with Gasteiger partial charge in [-0.1, -0.05) is 6.42 Å². The Labute approximate surface area is 88.6 Å². The second-order valence-corrected chi connectivity index (χ2v) is 4.33. The van der Waals surface area contributed by atoms with Gasteiger partial charge in [0.15, 0.2) is 0 Å². The van der Waals surface area contributed by atoms with Crippen LogP contribution in [0, 0.1) is 5.92 Å².